The number of hydrogen-bond acceptors (Lipinski definition) is 5. The van der Waals surface area contributed by atoms with E-state index in [0.29, 0.717) is 19.0 Å². The molecule has 2 saturated heterocycles. The first-order valence-electron chi connectivity index (χ1n) is 12.5. The van der Waals surface area contributed by atoms with Gasteiger partial charge in [0.05, 0.1) is 13.2 Å². The Morgan fingerprint density at radius 3 is 1.89 bits per heavy atom. The van der Waals surface area contributed by atoms with Gasteiger partial charge in [0, 0.05) is 11.1 Å². The SMILES string of the molecule is c1ccc(Oc2c(Oc3ccccc3)c3c(c4c2-c2ccccc2C4)C2OC2COCC2OC32)cc1. The Bertz CT molecular complexity index is 1470. The van der Waals surface area contributed by atoms with Crippen molar-refractivity contribution in [1.29, 1.82) is 0 Å². The lowest BCUT2D eigenvalue weighted by Crippen LogP contribution is -2.07. The van der Waals surface area contributed by atoms with Gasteiger partial charge in [-0.3, -0.25) is 0 Å². The molecule has 178 valence electrons. The molecule has 4 aromatic rings. The predicted octanol–water partition coefficient (Wildman–Crippen LogP) is 6.75. The van der Waals surface area contributed by atoms with Gasteiger partial charge in [-0.05, 0) is 52.9 Å². The molecule has 4 atom stereocenters. The molecule has 4 aliphatic rings. The van der Waals surface area contributed by atoms with Gasteiger partial charge in [0.1, 0.15) is 35.9 Å². The second kappa shape index (κ2) is 7.93. The topological polar surface area (TPSA) is 52.8 Å². The molecule has 0 bridgehead atoms. The summed E-state index contributed by atoms with van der Waals surface area (Å²) in [6.45, 7) is 1.13. The highest BCUT2D eigenvalue weighted by atomic mass is 16.6. The average Bonchev–Trinajstić information content (AvgIpc) is 3.82. The summed E-state index contributed by atoms with van der Waals surface area (Å²) in [6.07, 6.45) is 0.740. The van der Waals surface area contributed by atoms with Crippen LogP contribution in [0.25, 0.3) is 11.1 Å². The van der Waals surface area contributed by atoms with Gasteiger partial charge in [0.2, 0.25) is 0 Å². The van der Waals surface area contributed by atoms with E-state index in [1.165, 1.54) is 22.3 Å². The number of rotatable bonds is 4. The van der Waals surface area contributed by atoms with E-state index in [1.54, 1.807) is 0 Å². The standard InChI is InChI=1S/C31H24O5/c1-3-10-19(11-4-1)33-30-25-21-14-8-7-9-18(21)15-22(25)26-27(31(30)34-20-12-5-2-6-13-20)29-24(36-29)17-32-16-23-28(26)35-23/h1-14,23-24,28-29H,15-17H2. The van der Waals surface area contributed by atoms with Crippen LogP contribution in [0.5, 0.6) is 23.0 Å². The Morgan fingerprint density at radius 1 is 0.611 bits per heavy atom. The third kappa shape index (κ3) is 3.28. The lowest BCUT2D eigenvalue weighted by molar-refractivity contribution is 0.102. The minimum atomic E-state index is -0.117. The van der Waals surface area contributed by atoms with Crippen LogP contribution in [-0.2, 0) is 20.6 Å². The molecular formula is C31H24O5. The van der Waals surface area contributed by atoms with Crippen molar-refractivity contribution >= 4 is 0 Å². The average molecular weight is 477 g/mol. The van der Waals surface area contributed by atoms with Gasteiger partial charge in [-0.2, -0.15) is 0 Å². The Hall–Kier alpha value is -3.64. The van der Waals surface area contributed by atoms with E-state index < -0.39 is 0 Å². The second-order valence-corrected chi connectivity index (χ2v) is 9.73. The van der Waals surface area contributed by atoms with Crippen molar-refractivity contribution < 1.29 is 23.7 Å². The molecule has 1 aliphatic carbocycles. The smallest absolute Gasteiger partial charge is 0.178 e. The predicted molar refractivity (Wildman–Crippen MR) is 134 cm³/mol. The molecule has 4 aromatic carbocycles. The van der Waals surface area contributed by atoms with Gasteiger partial charge in [-0.15, -0.1) is 0 Å². The van der Waals surface area contributed by atoms with E-state index in [4.69, 9.17) is 23.7 Å². The molecule has 0 spiro atoms. The maximum absolute atomic E-state index is 6.72. The Morgan fingerprint density at radius 2 is 1.19 bits per heavy atom. The first-order chi connectivity index (χ1) is 17.8. The summed E-state index contributed by atoms with van der Waals surface area (Å²) in [5, 5.41) is 0. The zero-order valence-corrected chi connectivity index (χ0v) is 19.6. The van der Waals surface area contributed by atoms with E-state index in [9.17, 15) is 0 Å². The summed E-state index contributed by atoms with van der Waals surface area (Å²) >= 11 is 0. The van der Waals surface area contributed by atoms with Crippen molar-refractivity contribution in [2.24, 2.45) is 0 Å². The summed E-state index contributed by atoms with van der Waals surface area (Å²) in [4.78, 5) is 0. The van der Waals surface area contributed by atoms with Crippen molar-refractivity contribution in [2.45, 2.75) is 30.8 Å². The Kier molecular flexibility index (Phi) is 4.53. The Labute approximate surface area is 209 Å². The lowest BCUT2D eigenvalue weighted by atomic mass is 9.89. The van der Waals surface area contributed by atoms with Gasteiger partial charge in [0.25, 0.3) is 0 Å². The van der Waals surface area contributed by atoms with Gasteiger partial charge >= 0.3 is 0 Å². The van der Waals surface area contributed by atoms with Gasteiger partial charge in [-0.1, -0.05) is 60.7 Å². The first kappa shape index (κ1) is 20.5. The highest BCUT2D eigenvalue weighted by Crippen LogP contribution is 2.61. The van der Waals surface area contributed by atoms with Crippen molar-refractivity contribution in [2.75, 3.05) is 13.2 Å². The molecule has 0 aromatic heterocycles. The fourth-order valence-electron chi connectivity index (χ4n) is 5.74. The summed E-state index contributed by atoms with van der Waals surface area (Å²) in [5.41, 5.74) is 7.04. The Balaban J connectivity index is 1.43. The second-order valence-electron chi connectivity index (χ2n) is 9.73. The number of benzene rings is 4. The van der Waals surface area contributed by atoms with Gasteiger partial charge in [-0.25, -0.2) is 0 Å². The zero-order valence-electron chi connectivity index (χ0n) is 19.6. The van der Waals surface area contributed by atoms with Crippen LogP contribution in [0.2, 0.25) is 0 Å². The van der Waals surface area contributed by atoms with Crippen LogP contribution in [0, 0.1) is 0 Å². The van der Waals surface area contributed by atoms with Crippen LogP contribution in [-0.4, -0.2) is 25.4 Å². The molecule has 3 aliphatic heterocycles. The minimum absolute atomic E-state index is 0.00535. The monoisotopic (exact) mass is 476 g/mol. The van der Waals surface area contributed by atoms with E-state index in [1.807, 2.05) is 60.7 Å². The highest BCUT2D eigenvalue weighted by molar-refractivity contribution is 5.87. The third-order valence-electron chi connectivity index (χ3n) is 7.47. The molecule has 36 heavy (non-hydrogen) atoms. The van der Waals surface area contributed by atoms with E-state index in [2.05, 4.69) is 24.3 Å². The summed E-state index contributed by atoms with van der Waals surface area (Å²) < 4.78 is 31.8. The molecule has 0 saturated carbocycles. The van der Waals surface area contributed by atoms with Crippen molar-refractivity contribution in [1.82, 2.24) is 0 Å². The van der Waals surface area contributed by atoms with Crippen LogP contribution >= 0.6 is 0 Å². The number of fused-ring (bicyclic) bond motifs is 9. The molecule has 5 nitrogen and oxygen atoms in total. The molecule has 2 fully saturated rings. The minimum Gasteiger partial charge on any atom is -0.453 e. The fourth-order valence-corrected chi connectivity index (χ4v) is 5.74. The number of para-hydroxylation sites is 2. The summed E-state index contributed by atoms with van der Waals surface area (Å²) in [7, 11) is 0. The van der Waals surface area contributed by atoms with Crippen LogP contribution in [0.15, 0.2) is 84.9 Å². The van der Waals surface area contributed by atoms with Crippen LogP contribution in [0.4, 0.5) is 0 Å². The lowest BCUT2D eigenvalue weighted by Gasteiger charge is -2.23. The molecule has 3 heterocycles. The summed E-state index contributed by atoms with van der Waals surface area (Å²) in [6, 6.07) is 28.4. The zero-order chi connectivity index (χ0) is 23.6. The van der Waals surface area contributed by atoms with Crippen LogP contribution in [0.1, 0.15) is 34.5 Å². The van der Waals surface area contributed by atoms with Gasteiger partial charge < -0.3 is 23.7 Å². The van der Waals surface area contributed by atoms with E-state index in [-0.39, 0.29) is 24.4 Å². The van der Waals surface area contributed by atoms with Crippen molar-refractivity contribution in [3.05, 3.63) is 107 Å². The van der Waals surface area contributed by atoms with E-state index >= 15 is 0 Å². The van der Waals surface area contributed by atoms with Gasteiger partial charge in [0.15, 0.2) is 11.5 Å². The largest absolute Gasteiger partial charge is 0.453 e. The molecular weight excluding hydrogens is 452 g/mol. The first-order valence-corrected chi connectivity index (χ1v) is 12.5. The normalized spacial score (nSPS) is 24.6. The number of hydrogen-bond donors (Lipinski definition) is 0. The van der Waals surface area contributed by atoms with Crippen LogP contribution < -0.4 is 9.47 Å². The van der Waals surface area contributed by atoms with Crippen LogP contribution in [0.3, 0.4) is 0 Å². The molecule has 0 radical (unpaired) electrons. The molecule has 4 unspecified atom stereocenters. The fraction of sp³-hybridized carbons (Fsp3) is 0.226. The highest BCUT2D eigenvalue weighted by Gasteiger charge is 2.54. The quantitative estimate of drug-likeness (QED) is 0.269. The maximum atomic E-state index is 6.72. The molecule has 5 heteroatoms. The maximum Gasteiger partial charge on any atom is 0.178 e. The van der Waals surface area contributed by atoms with Crippen molar-refractivity contribution in [3.8, 4) is 34.1 Å². The molecule has 8 rings (SSSR count). The number of ether oxygens (including phenoxy) is 5. The summed E-state index contributed by atoms with van der Waals surface area (Å²) in [5.74, 6) is 2.96. The van der Waals surface area contributed by atoms with Crippen molar-refractivity contribution in [3.63, 3.8) is 0 Å². The molecule has 0 N–H and O–H groups in total. The number of epoxide rings is 2. The molecule has 0 amide bonds. The third-order valence-corrected chi connectivity index (χ3v) is 7.47. The van der Waals surface area contributed by atoms with E-state index in [0.717, 1.165) is 34.8 Å².